The van der Waals surface area contributed by atoms with Crippen LogP contribution in [0.4, 0.5) is 10.1 Å². The number of anilines is 1. The lowest BCUT2D eigenvalue weighted by Crippen LogP contribution is -2.20. The molecule has 4 nitrogen and oxygen atoms in total. The Bertz CT molecular complexity index is 835. The molecule has 0 aliphatic rings. The lowest BCUT2D eigenvalue weighted by atomic mass is 10.3. The average molecular weight is 337 g/mol. The molecule has 3 aromatic carbocycles. The van der Waals surface area contributed by atoms with Crippen molar-refractivity contribution in [1.82, 2.24) is 0 Å². The highest BCUT2D eigenvalue weighted by molar-refractivity contribution is 5.91. The molecule has 0 aromatic heterocycles. The van der Waals surface area contributed by atoms with Crippen LogP contribution in [0, 0.1) is 5.82 Å². The second-order valence-electron chi connectivity index (χ2n) is 5.23. The molecule has 0 spiro atoms. The molecule has 1 N–H and O–H groups in total. The minimum Gasteiger partial charge on any atom is -0.484 e. The number of hydrogen-bond acceptors (Lipinski definition) is 3. The van der Waals surface area contributed by atoms with Gasteiger partial charge < -0.3 is 14.8 Å². The summed E-state index contributed by atoms with van der Waals surface area (Å²) in [5.41, 5.74) is 0.510. The van der Waals surface area contributed by atoms with Crippen LogP contribution in [-0.2, 0) is 4.79 Å². The monoisotopic (exact) mass is 337 g/mol. The van der Waals surface area contributed by atoms with Crippen LogP contribution >= 0.6 is 0 Å². The molecule has 0 atom stereocenters. The molecule has 0 saturated carbocycles. The van der Waals surface area contributed by atoms with E-state index in [1.165, 1.54) is 24.3 Å². The molecule has 0 heterocycles. The Morgan fingerprint density at radius 1 is 0.840 bits per heavy atom. The number of nitrogens with one attached hydrogen (secondary N) is 1. The van der Waals surface area contributed by atoms with Gasteiger partial charge >= 0.3 is 0 Å². The van der Waals surface area contributed by atoms with Crippen LogP contribution in [0.15, 0.2) is 78.9 Å². The maximum Gasteiger partial charge on any atom is 0.262 e. The third-order valence-corrected chi connectivity index (χ3v) is 3.28. The number of amides is 1. The second kappa shape index (κ2) is 7.97. The second-order valence-corrected chi connectivity index (χ2v) is 5.23. The van der Waals surface area contributed by atoms with Crippen molar-refractivity contribution in [1.29, 1.82) is 0 Å². The largest absolute Gasteiger partial charge is 0.484 e. The number of hydrogen-bond donors (Lipinski definition) is 1. The Kier molecular flexibility index (Phi) is 5.26. The summed E-state index contributed by atoms with van der Waals surface area (Å²) in [6.45, 7) is -0.161. The van der Waals surface area contributed by atoms with Gasteiger partial charge in [0.05, 0.1) is 0 Å². The van der Waals surface area contributed by atoms with E-state index in [9.17, 15) is 9.18 Å². The first-order valence-electron chi connectivity index (χ1n) is 7.70. The van der Waals surface area contributed by atoms with Crippen LogP contribution in [0.2, 0.25) is 0 Å². The third kappa shape index (κ3) is 5.07. The number of carbonyl (C=O) groups excluding carboxylic acids is 1. The van der Waals surface area contributed by atoms with Gasteiger partial charge in [-0.15, -0.1) is 0 Å². The molecule has 0 saturated heterocycles. The van der Waals surface area contributed by atoms with Gasteiger partial charge in [-0.1, -0.05) is 24.3 Å². The van der Waals surface area contributed by atoms with Crippen LogP contribution < -0.4 is 14.8 Å². The summed E-state index contributed by atoms with van der Waals surface area (Å²) in [7, 11) is 0. The smallest absolute Gasteiger partial charge is 0.262 e. The normalized spacial score (nSPS) is 10.1. The summed E-state index contributed by atoms with van der Waals surface area (Å²) < 4.78 is 24.0. The van der Waals surface area contributed by atoms with Gasteiger partial charge in [-0.05, 0) is 48.5 Å². The Labute approximate surface area is 144 Å². The summed E-state index contributed by atoms with van der Waals surface area (Å²) in [6.07, 6.45) is 0. The number of rotatable bonds is 6. The Hall–Kier alpha value is -3.34. The predicted octanol–water partition coefficient (Wildman–Crippen LogP) is 4.64. The SMILES string of the molecule is O=C(COc1cccc(Oc2ccccc2)c1)Nc1ccc(F)cc1. The van der Waals surface area contributed by atoms with Crippen molar-refractivity contribution in [3.63, 3.8) is 0 Å². The van der Waals surface area contributed by atoms with E-state index in [0.717, 1.165) is 0 Å². The zero-order valence-electron chi connectivity index (χ0n) is 13.3. The summed E-state index contributed by atoms with van der Waals surface area (Å²) in [6, 6.07) is 21.9. The molecule has 0 unspecified atom stereocenters. The summed E-state index contributed by atoms with van der Waals surface area (Å²) >= 11 is 0. The number of benzene rings is 3. The zero-order valence-corrected chi connectivity index (χ0v) is 13.3. The van der Waals surface area contributed by atoms with Gasteiger partial charge in [-0.2, -0.15) is 0 Å². The number of halogens is 1. The molecule has 5 heteroatoms. The van der Waals surface area contributed by atoms with Crippen molar-refractivity contribution in [2.24, 2.45) is 0 Å². The topological polar surface area (TPSA) is 47.6 Å². The molecule has 0 radical (unpaired) electrons. The zero-order chi connectivity index (χ0) is 17.5. The molecule has 1 amide bonds. The van der Waals surface area contributed by atoms with Crippen molar-refractivity contribution >= 4 is 11.6 Å². The van der Waals surface area contributed by atoms with Crippen molar-refractivity contribution in [3.8, 4) is 17.2 Å². The first-order chi connectivity index (χ1) is 12.2. The van der Waals surface area contributed by atoms with E-state index in [1.54, 1.807) is 24.3 Å². The Morgan fingerprint density at radius 3 is 2.28 bits per heavy atom. The average Bonchev–Trinajstić information content (AvgIpc) is 2.63. The van der Waals surface area contributed by atoms with E-state index in [2.05, 4.69) is 5.32 Å². The van der Waals surface area contributed by atoms with E-state index in [0.29, 0.717) is 22.9 Å². The molecule has 3 aromatic rings. The van der Waals surface area contributed by atoms with Crippen LogP contribution in [0.5, 0.6) is 17.2 Å². The van der Waals surface area contributed by atoms with E-state index in [4.69, 9.17) is 9.47 Å². The molecule has 0 bridgehead atoms. The standard InChI is InChI=1S/C20H16FNO3/c21-15-9-11-16(12-10-15)22-20(23)14-24-18-7-4-8-19(13-18)25-17-5-2-1-3-6-17/h1-13H,14H2,(H,22,23). The molecular weight excluding hydrogens is 321 g/mol. The maximum absolute atomic E-state index is 12.8. The van der Waals surface area contributed by atoms with E-state index in [-0.39, 0.29) is 18.3 Å². The highest BCUT2D eigenvalue weighted by Crippen LogP contribution is 2.25. The van der Waals surface area contributed by atoms with Gasteiger partial charge in [0.1, 0.15) is 23.1 Å². The molecule has 0 aliphatic heterocycles. The summed E-state index contributed by atoms with van der Waals surface area (Å²) in [5.74, 6) is 1.16. The van der Waals surface area contributed by atoms with Crippen LogP contribution in [0.3, 0.4) is 0 Å². The molecule has 3 rings (SSSR count). The first kappa shape index (κ1) is 16.5. The van der Waals surface area contributed by atoms with Gasteiger partial charge in [-0.25, -0.2) is 4.39 Å². The fraction of sp³-hybridized carbons (Fsp3) is 0.0500. The third-order valence-electron chi connectivity index (χ3n) is 3.28. The maximum atomic E-state index is 12.8. The van der Waals surface area contributed by atoms with Crippen LogP contribution in [0.25, 0.3) is 0 Å². The van der Waals surface area contributed by atoms with Crippen LogP contribution in [0.1, 0.15) is 0 Å². The minimum absolute atomic E-state index is 0.161. The van der Waals surface area contributed by atoms with Crippen molar-refractivity contribution < 1.29 is 18.7 Å². The van der Waals surface area contributed by atoms with Gasteiger partial charge in [0.15, 0.2) is 6.61 Å². The molecule has 126 valence electrons. The van der Waals surface area contributed by atoms with Gasteiger partial charge in [0.25, 0.3) is 5.91 Å². The van der Waals surface area contributed by atoms with Crippen LogP contribution in [-0.4, -0.2) is 12.5 Å². The van der Waals surface area contributed by atoms with E-state index < -0.39 is 0 Å². The van der Waals surface area contributed by atoms with Gasteiger partial charge in [0.2, 0.25) is 0 Å². The van der Waals surface area contributed by atoms with E-state index in [1.807, 2.05) is 30.3 Å². The Morgan fingerprint density at radius 2 is 1.52 bits per heavy atom. The van der Waals surface area contributed by atoms with Gasteiger partial charge in [-0.3, -0.25) is 4.79 Å². The fourth-order valence-corrected chi connectivity index (χ4v) is 2.13. The molecule has 0 fully saturated rings. The quantitative estimate of drug-likeness (QED) is 0.713. The molecule has 0 aliphatic carbocycles. The van der Waals surface area contributed by atoms with Gasteiger partial charge in [0, 0.05) is 11.8 Å². The lowest BCUT2D eigenvalue weighted by molar-refractivity contribution is -0.118. The summed E-state index contributed by atoms with van der Waals surface area (Å²) in [5, 5.41) is 2.63. The van der Waals surface area contributed by atoms with Crippen molar-refractivity contribution in [3.05, 3.63) is 84.7 Å². The van der Waals surface area contributed by atoms with E-state index >= 15 is 0 Å². The predicted molar refractivity (Wildman–Crippen MR) is 93.5 cm³/mol. The fourth-order valence-electron chi connectivity index (χ4n) is 2.13. The molecular formula is C20H16FNO3. The highest BCUT2D eigenvalue weighted by atomic mass is 19.1. The lowest BCUT2D eigenvalue weighted by Gasteiger charge is -2.10. The number of carbonyl (C=O) groups is 1. The molecule has 25 heavy (non-hydrogen) atoms. The minimum atomic E-state index is -0.357. The number of ether oxygens (including phenoxy) is 2. The van der Waals surface area contributed by atoms with Crippen molar-refractivity contribution in [2.75, 3.05) is 11.9 Å². The van der Waals surface area contributed by atoms with Crippen molar-refractivity contribution in [2.45, 2.75) is 0 Å². The Balaban J connectivity index is 1.55. The number of para-hydroxylation sites is 1. The summed E-state index contributed by atoms with van der Waals surface area (Å²) in [4.78, 5) is 11.9. The first-order valence-corrected chi connectivity index (χ1v) is 7.70. The highest BCUT2D eigenvalue weighted by Gasteiger charge is 2.05.